The van der Waals surface area contributed by atoms with Crippen LogP contribution in [0.2, 0.25) is 0 Å². The van der Waals surface area contributed by atoms with Crippen molar-refractivity contribution in [3.63, 3.8) is 0 Å². The molecule has 0 bridgehead atoms. The van der Waals surface area contributed by atoms with Gasteiger partial charge in [0.15, 0.2) is 0 Å². The molecule has 0 aromatic heterocycles. The molecule has 4 heteroatoms. The number of anilines is 1. The van der Waals surface area contributed by atoms with Gasteiger partial charge in [0.2, 0.25) is 0 Å². The normalized spacial score (nSPS) is 10.1. The summed E-state index contributed by atoms with van der Waals surface area (Å²) < 4.78 is 4.56. The quantitative estimate of drug-likeness (QED) is 0.469. The molecule has 0 unspecified atom stereocenters. The van der Waals surface area contributed by atoms with Crippen LogP contribution in [-0.4, -0.2) is 24.6 Å². The predicted molar refractivity (Wildman–Crippen MR) is 68.5 cm³/mol. The molecule has 0 aliphatic heterocycles. The minimum absolute atomic E-state index is 0.147. The summed E-state index contributed by atoms with van der Waals surface area (Å²) in [5, 5.41) is 0. The summed E-state index contributed by atoms with van der Waals surface area (Å²) in [7, 11) is 1.41. The van der Waals surface area contributed by atoms with Gasteiger partial charge in [-0.25, -0.2) is 0 Å². The maximum Gasteiger partial charge on any atom is 0.306 e. The van der Waals surface area contributed by atoms with E-state index in [1.54, 1.807) is 11.8 Å². The van der Waals surface area contributed by atoms with Gasteiger partial charge in [-0.05, 0) is 23.8 Å². The molecule has 2 N–H and O–H groups in total. The number of ether oxygens (including phenoxy) is 1. The number of para-hydroxylation sites is 1. The molecule has 1 aromatic rings. The number of aryl methyl sites for hydroxylation is 1. The standard InChI is InChI=1S/C12H17NO2S/c1-15-12(14)7-9-16-8-6-10-4-2-3-5-11(10)13/h2-5H,6-9,13H2,1H3. The van der Waals surface area contributed by atoms with Crippen molar-refractivity contribution >= 4 is 23.4 Å². The first kappa shape index (κ1) is 12.9. The minimum Gasteiger partial charge on any atom is -0.469 e. The van der Waals surface area contributed by atoms with E-state index in [9.17, 15) is 4.79 Å². The Hall–Kier alpha value is -1.16. The summed E-state index contributed by atoms with van der Waals surface area (Å²) in [5.74, 6) is 1.64. The summed E-state index contributed by atoms with van der Waals surface area (Å²) in [5.41, 5.74) is 7.84. The van der Waals surface area contributed by atoms with Crippen molar-refractivity contribution < 1.29 is 9.53 Å². The molecule has 0 saturated heterocycles. The van der Waals surface area contributed by atoms with Crippen LogP contribution in [0.15, 0.2) is 24.3 Å². The first-order valence-corrected chi connectivity index (χ1v) is 6.37. The van der Waals surface area contributed by atoms with E-state index >= 15 is 0 Å². The van der Waals surface area contributed by atoms with Gasteiger partial charge in [0.1, 0.15) is 0 Å². The van der Waals surface area contributed by atoms with Crippen molar-refractivity contribution in [3.8, 4) is 0 Å². The molecule has 0 atom stereocenters. The molecular weight excluding hydrogens is 222 g/mol. The lowest BCUT2D eigenvalue weighted by molar-refractivity contribution is -0.140. The molecule has 0 aliphatic rings. The fourth-order valence-corrected chi connectivity index (χ4v) is 2.18. The van der Waals surface area contributed by atoms with Gasteiger partial charge < -0.3 is 10.5 Å². The van der Waals surface area contributed by atoms with Gasteiger partial charge in [0.25, 0.3) is 0 Å². The Morgan fingerprint density at radius 1 is 1.38 bits per heavy atom. The van der Waals surface area contributed by atoms with E-state index in [-0.39, 0.29) is 5.97 Å². The van der Waals surface area contributed by atoms with E-state index < -0.39 is 0 Å². The smallest absolute Gasteiger partial charge is 0.306 e. The van der Waals surface area contributed by atoms with Crippen molar-refractivity contribution in [1.82, 2.24) is 0 Å². The van der Waals surface area contributed by atoms with Gasteiger partial charge in [-0.15, -0.1) is 0 Å². The third kappa shape index (κ3) is 4.57. The van der Waals surface area contributed by atoms with Crippen LogP contribution >= 0.6 is 11.8 Å². The molecule has 0 radical (unpaired) electrons. The SMILES string of the molecule is COC(=O)CCSCCc1ccccc1N. The molecule has 0 spiro atoms. The summed E-state index contributed by atoms with van der Waals surface area (Å²) in [4.78, 5) is 10.8. The molecular formula is C12H17NO2S. The topological polar surface area (TPSA) is 52.3 Å². The molecule has 0 saturated carbocycles. The second-order valence-electron chi connectivity index (χ2n) is 3.39. The van der Waals surface area contributed by atoms with Crippen LogP contribution in [0.4, 0.5) is 5.69 Å². The molecule has 3 nitrogen and oxygen atoms in total. The second kappa shape index (κ2) is 7.17. The molecule has 88 valence electrons. The zero-order valence-corrected chi connectivity index (χ0v) is 10.3. The van der Waals surface area contributed by atoms with E-state index in [1.807, 2.05) is 24.3 Å². The Labute approximate surface area is 100 Å². The van der Waals surface area contributed by atoms with Gasteiger partial charge in [0, 0.05) is 11.4 Å². The number of thioether (sulfide) groups is 1. The number of rotatable bonds is 6. The summed E-state index contributed by atoms with van der Waals surface area (Å²) in [6.07, 6.45) is 1.42. The summed E-state index contributed by atoms with van der Waals surface area (Å²) in [6, 6.07) is 7.87. The molecule has 1 aromatic carbocycles. The highest BCUT2D eigenvalue weighted by Crippen LogP contribution is 2.14. The van der Waals surface area contributed by atoms with Crippen molar-refractivity contribution in [3.05, 3.63) is 29.8 Å². The van der Waals surface area contributed by atoms with E-state index in [1.165, 1.54) is 12.7 Å². The second-order valence-corrected chi connectivity index (χ2v) is 4.61. The minimum atomic E-state index is -0.147. The molecule has 0 fully saturated rings. The van der Waals surface area contributed by atoms with Crippen molar-refractivity contribution in [2.24, 2.45) is 0 Å². The largest absolute Gasteiger partial charge is 0.469 e. The number of benzene rings is 1. The molecule has 0 amide bonds. The fourth-order valence-electron chi connectivity index (χ4n) is 1.30. The first-order chi connectivity index (χ1) is 7.74. The van der Waals surface area contributed by atoms with Crippen LogP contribution < -0.4 is 5.73 Å². The Kier molecular flexibility index (Phi) is 5.78. The maximum atomic E-state index is 10.8. The molecule has 16 heavy (non-hydrogen) atoms. The van der Waals surface area contributed by atoms with Crippen molar-refractivity contribution in [2.45, 2.75) is 12.8 Å². The Morgan fingerprint density at radius 3 is 2.81 bits per heavy atom. The lowest BCUT2D eigenvalue weighted by Crippen LogP contribution is -2.02. The van der Waals surface area contributed by atoms with Gasteiger partial charge in [-0.2, -0.15) is 11.8 Å². The van der Waals surface area contributed by atoms with Crippen LogP contribution in [0, 0.1) is 0 Å². The highest BCUT2D eigenvalue weighted by Gasteiger charge is 2.01. The maximum absolute atomic E-state index is 10.8. The van der Waals surface area contributed by atoms with Gasteiger partial charge in [0.05, 0.1) is 13.5 Å². The van der Waals surface area contributed by atoms with E-state index in [4.69, 9.17) is 5.73 Å². The van der Waals surface area contributed by atoms with Crippen molar-refractivity contribution in [1.29, 1.82) is 0 Å². The third-order valence-electron chi connectivity index (χ3n) is 2.25. The number of hydrogen-bond acceptors (Lipinski definition) is 4. The number of nitrogen functional groups attached to an aromatic ring is 1. The number of carbonyl (C=O) groups excluding carboxylic acids is 1. The number of nitrogens with two attached hydrogens (primary N) is 1. The van der Waals surface area contributed by atoms with E-state index in [2.05, 4.69) is 4.74 Å². The zero-order chi connectivity index (χ0) is 11.8. The van der Waals surface area contributed by atoms with Gasteiger partial charge in [-0.1, -0.05) is 18.2 Å². The zero-order valence-electron chi connectivity index (χ0n) is 9.44. The van der Waals surface area contributed by atoms with Crippen LogP contribution in [0.5, 0.6) is 0 Å². The van der Waals surface area contributed by atoms with Gasteiger partial charge >= 0.3 is 5.97 Å². The van der Waals surface area contributed by atoms with Crippen molar-refractivity contribution in [2.75, 3.05) is 24.3 Å². The Bertz CT molecular complexity index is 342. The molecule has 0 heterocycles. The highest BCUT2D eigenvalue weighted by atomic mass is 32.2. The Balaban J connectivity index is 2.17. The average Bonchev–Trinajstić information content (AvgIpc) is 2.30. The van der Waals surface area contributed by atoms with Crippen LogP contribution in [0.3, 0.4) is 0 Å². The number of hydrogen-bond donors (Lipinski definition) is 1. The number of esters is 1. The number of carbonyl (C=O) groups is 1. The van der Waals surface area contributed by atoms with Crippen LogP contribution in [0.1, 0.15) is 12.0 Å². The monoisotopic (exact) mass is 239 g/mol. The molecule has 0 aliphatic carbocycles. The van der Waals surface area contributed by atoms with Crippen LogP contribution in [0.25, 0.3) is 0 Å². The van der Waals surface area contributed by atoms with Crippen LogP contribution in [-0.2, 0) is 16.0 Å². The predicted octanol–water partition coefficient (Wildman–Crippen LogP) is 2.11. The third-order valence-corrected chi connectivity index (χ3v) is 3.23. The van der Waals surface area contributed by atoms with E-state index in [0.717, 1.165) is 23.6 Å². The lowest BCUT2D eigenvalue weighted by atomic mass is 10.1. The lowest BCUT2D eigenvalue weighted by Gasteiger charge is -2.04. The number of methoxy groups -OCH3 is 1. The Morgan fingerprint density at radius 2 is 2.12 bits per heavy atom. The first-order valence-electron chi connectivity index (χ1n) is 5.22. The highest BCUT2D eigenvalue weighted by molar-refractivity contribution is 7.99. The summed E-state index contributed by atoms with van der Waals surface area (Å²) in [6.45, 7) is 0. The van der Waals surface area contributed by atoms with Gasteiger partial charge in [-0.3, -0.25) is 4.79 Å². The van der Waals surface area contributed by atoms with E-state index in [0.29, 0.717) is 6.42 Å². The average molecular weight is 239 g/mol. The molecule has 1 rings (SSSR count). The fraction of sp³-hybridized carbons (Fsp3) is 0.417. The summed E-state index contributed by atoms with van der Waals surface area (Å²) >= 11 is 1.74.